The van der Waals surface area contributed by atoms with Crippen molar-refractivity contribution < 1.29 is 14.5 Å². The number of thiophene rings is 1. The fourth-order valence-electron chi connectivity index (χ4n) is 3.05. The van der Waals surface area contributed by atoms with E-state index in [1.54, 1.807) is 25.5 Å². The number of hydrogen-bond donors (Lipinski definition) is 1. The fraction of sp³-hybridized carbons (Fsp3) is 0.0476. The van der Waals surface area contributed by atoms with Crippen LogP contribution >= 0.6 is 11.3 Å². The molecule has 0 fully saturated rings. The molecule has 0 atom stereocenters. The molecule has 4 aromatic rings. The normalized spacial score (nSPS) is 11.2. The smallest absolute Gasteiger partial charge is 0.281 e. The number of benzene rings is 3. The molecule has 0 radical (unpaired) electrons. The highest BCUT2D eigenvalue weighted by Gasteiger charge is 2.13. The van der Waals surface area contributed by atoms with Crippen molar-refractivity contribution in [1.29, 1.82) is 0 Å². The molecular formula is C21H15N3O4S. The molecule has 0 saturated carbocycles. The molecule has 7 nitrogen and oxygen atoms in total. The number of fused-ring (bicyclic) bond motifs is 2. The number of nitrogens with zero attached hydrogens (tertiary/aromatic N) is 2. The van der Waals surface area contributed by atoms with Crippen LogP contribution in [0.2, 0.25) is 0 Å². The van der Waals surface area contributed by atoms with E-state index in [0.717, 1.165) is 21.0 Å². The quantitative estimate of drug-likeness (QED) is 0.295. The van der Waals surface area contributed by atoms with Crippen molar-refractivity contribution >= 4 is 50.0 Å². The Bertz CT molecular complexity index is 1280. The predicted octanol–water partition coefficient (Wildman–Crippen LogP) is 4.74. The van der Waals surface area contributed by atoms with Gasteiger partial charge < -0.3 is 4.74 Å². The molecule has 4 rings (SSSR count). The van der Waals surface area contributed by atoms with Gasteiger partial charge in [-0.05, 0) is 29.0 Å². The first-order valence-corrected chi connectivity index (χ1v) is 9.45. The minimum absolute atomic E-state index is 0.0108. The lowest BCUT2D eigenvalue weighted by Crippen LogP contribution is -2.16. The van der Waals surface area contributed by atoms with Gasteiger partial charge in [0.1, 0.15) is 5.75 Å². The van der Waals surface area contributed by atoms with E-state index in [-0.39, 0.29) is 11.6 Å². The van der Waals surface area contributed by atoms with E-state index in [9.17, 15) is 14.9 Å². The summed E-state index contributed by atoms with van der Waals surface area (Å²) in [6, 6.07) is 17.8. The lowest BCUT2D eigenvalue weighted by atomic mass is 10.0. The van der Waals surface area contributed by atoms with Crippen LogP contribution in [0.1, 0.15) is 15.2 Å². The number of non-ortho nitro benzene ring substituents is 1. The molecule has 1 heterocycles. The first-order valence-electron chi connectivity index (χ1n) is 8.64. The molecule has 0 aliphatic rings. The number of ether oxygens (including phenoxy) is 1. The van der Waals surface area contributed by atoms with Crippen molar-refractivity contribution in [3.05, 3.63) is 81.2 Å². The third-order valence-corrected chi connectivity index (χ3v) is 5.56. The minimum atomic E-state index is -0.460. The summed E-state index contributed by atoms with van der Waals surface area (Å²) < 4.78 is 6.20. The molecule has 0 unspecified atom stereocenters. The average molecular weight is 405 g/mol. The van der Waals surface area contributed by atoms with Gasteiger partial charge in [-0.1, -0.05) is 30.3 Å². The van der Waals surface area contributed by atoms with E-state index < -0.39 is 4.92 Å². The lowest BCUT2D eigenvalue weighted by molar-refractivity contribution is -0.384. The number of nitrogens with one attached hydrogen (secondary N) is 1. The maximum Gasteiger partial charge on any atom is 0.281 e. The average Bonchev–Trinajstić information content (AvgIpc) is 3.17. The number of nitro groups is 1. The van der Waals surface area contributed by atoms with Gasteiger partial charge in [0.25, 0.3) is 11.6 Å². The van der Waals surface area contributed by atoms with Gasteiger partial charge in [0.15, 0.2) is 0 Å². The van der Waals surface area contributed by atoms with Crippen molar-refractivity contribution in [2.45, 2.75) is 0 Å². The molecule has 8 heteroatoms. The summed E-state index contributed by atoms with van der Waals surface area (Å²) in [5.74, 6) is 0.264. The Balaban J connectivity index is 1.58. The van der Waals surface area contributed by atoms with Crippen molar-refractivity contribution in [2.75, 3.05) is 7.11 Å². The highest BCUT2D eigenvalue weighted by molar-refractivity contribution is 7.20. The summed E-state index contributed by atoms with van der Waals surface area (Å²) in [6.45, 7) is 0. The molecule has 0 bridgehead atoms. The monoisotopic (exact) mass is 405 g/mol. The SMILES string of the molecule is COc1ccc2ccccc2c1C=NNC(=O)c1cc2cc([N+](=O)[O-])ccc2s1. The predicted molar refractivity (Wildman–Crippen MR) is 114 cm³/mol. The molecular weight excluding hydrogens is 390 g/mol. The number of carbonyl (C=O) groups is 1. The van der Waals surface area contributed by atoms with E-state index in [1.165, 1.54) is 23.5 Å². The molecule has 1 amide bonds. The second-order valence-electron chi connectivity index (χ2n) is 6.19. The van der Waals surface area contributed by atoms with Crippen LogP contribution in [0.5, 0.6) is 5.75 Å². The second kappa shape index (κ2) is 7.69. The first kappa shape index (κ1) is 18.6. The molecule has 0 saturated heterocycles. The zero-order valence-electron chi connectivity index (χ0n) is 15.3. The largest absolute Gasteiger partial charge is 0.496 e. The van der Waals surface area contributed by atoms with Crippen LogP contribution in [0, 0.1) is 10.1 Å². The van der Waals surface area contributed by atoms with E-state index in [4.69, 9.17) is 4.74 Å². The molecule has 0 aliphatic heterocycles. The molecule has 29 heavy (non-hydrogen) atoms. The number of hydrazone groups is 1. The van der Waals surface area contributed by atoms with E-state index in [1.807, 2.05) is 36.4 Å². The third kappa shape index (κ3) is 3.65. The van der Waals surface area contributed by atoms with Crippen LogP contribution in [0.4, 0.5) is 5.69 Å². The van der Waals surface area contributed by atoms with Gasteiger partial charge in [-0.25, -0.2) is 5.43 Å². The number of rotatable bonds is 5. The van der Waals surface area contributed by atoms with Gasteiger partial charge in [0, 0.05) is 27.8 Å². The van der Waals surface area contributed by atoms with Crippen molar-refractivity contribution in [1.82, 2.24) is 5.43 Å². The maximum atomic E-state index is 12.5. The molecule has 1 N–H and O–H groups in total. The molecule has 0 spiro atoms. The van der Waals surface area contributed by atoms with Gasteiger partial charge >= 0.3 is 0 Å². The van der Waals surface area contributed by atoms with E-state index in [0.29, 0.717) is 16.0 Å². The second-order valence-corrected chi connectivity index (χ2v) is 7.28. The van der Waals surface area contributed by atoms with Crippen LogP contribution in [-0.2, 0) is 0 Å². The minimum Gasteiger partial charge on any atom is -0.496 e. The maximum absolute atomic E-state index is 12.5. The third-order valence-electron chi connectivity index (χ3n) is 4.44. The van der Waals surface area contributed by atoms with Crippen LogP contribution in [0.15, 0.2) is 65.8 Å². The van der Waals surface area contributed by atoms with Gasteiger partial charge in [-0.15, -0.1) is 11.3 Å². The number of carbonyl (C=O) groups excluding carboxylic acids is 1. The number of hydrogen-bond acceptors (Lipinski definition) is 6. The van der Waals surface area contributed by atoms with E-state index in [2.05, 4.69) is 10.5 Å². The number of nitro benzene ring substituents is 1. The topological polar surface area (TPSA) is 93.8 Å². The van der Waals surface area contributed by atoms with Gasteiger partial charge in [0.2, 0.25) is 0 Å². The van der Waals surface area contributed by atoms with Crippen molar-refractivity contribution in [2.24, 2.45) is 5.10 Å². The Kier molecular flexibility index (Phi) is 4.92. The molecule has 1 aromatic heterocycles. The van der Waals surface area contributed by atoms with Gasteiger partial charge in [0.05, 0.1) is 23.1 Å². The number of amides is 1. The molecule has 3 aromatic carbocycles. The summed E-state index contributed by atoms with van der Waals surface area (Å²) in [6.07, 6.45) is 1.55. The fourth-order valence-corrected chi connectivity index (χ4v) is 3.99. The summed E-state index contributed by atoms with van der Waals surface area (Å²) in [4.78, 5) is 23.3. The van der Waals surface area contributed by atoms with E-state index >= 15 is 0 Å². The summed E-state index contributed by atoms with van der Waals surface area (Å²) in [5.41, 5.74) is 3.26. The molecule has 0 aliphatic carbocycles. The Labute approximate surface area is 169 Å². The van der Waals surface area contributed by atoms with Crippen LogP contribution < -0.4 is 10.2 Å². The highest BCUT2D eigenvalue weighted by atomic mass is 32.1. The summed E-state index contributed by atoms with van der Waals surface area (Å²) in [7, 11) is 1.58. The van der Waals surface area contributed by atoms with Crippen LogP contribution in [0.25, 0.3) is 20.9 Å². The van der Waals surface area contributed by atoms with Crippen molar-refractivity contribution in [3.8, 4) is 5.75 Å². The standard InChI is InChI=1S/C21H15N3O4S/c1-28-18-8-6-13-4-2-3-5-16(13)17(18)12-22-23-21(25)20-11-14-10-15(24(26)27)7-9-19(14)29-20/h2-12H,1H3,(H,23,25). The first-order chi connectivity index (χ1) is 14.1. The van der Waals surface area contributed by atoms with Crippen LogP contribution in [-0.4, -0.2) is 24.2 Å². The number of methoxy groups -OCH3 is 1. The molecule has 144 valence electrons. The zero-order chi connectivity index (χ0) is 20.4. The Morgan fingerprint density at radius 3 is 2.76 bits per heavy atom. The zero-order valence-corrected chi connectivity index (χ0v) is 16.1. The van der Waals surface area contributed by atoms with Crippen LogP contribution in [0.3, 0.4) is 0 Å². The van der Waals surface area contributed by atoms with Crippen molar-refractivity contribution in [3.63, 3.8) is 0 Å². The highest BCUT2D eigenvalue weighted by Crippen LogP contribution is 2.29. The summed E-state index contributed by atoms with van der Waals surface area (Å²) in [5, 5.41) is 17.6. The Morgan fingerprint density at radius 1 is 1.14 bits per heavy atom. The van der Waals surface area contributed by atoms with Gasteiger partial charge in [-0.3, -0.25) is 14.9 Å². The van der Waals surface area contributed by atoms with Gasteiger partial charge in [-0.2, -0.15) is 5.10 Å². The Hall–Kier alpha value is -3.78. The Morgan fingerprint density at radius 2 is 1.97 bits per heavy atom. The summed E-state index contributed by atoms with van der Waals surface area (Å²) >= 11 is 1.25. The lowest BCUT2D eigenvalue weighted by Gasteiger charge is -2.08.